The fourth-order valence-corrected chi connectivity index (χ4v) is 3.69. The third-order valence-corrected chi connectivity index (χ3v) is 5.14. The number of alkyl carbamates (subject to hydrolysis) is 1. The first-order valence-corrected chi connectivity index (χ1v) is 10.1. The van der Waals surface area contributed by atoms with Gasteiger partial charge in [0.25, 0.3) is 0 Å². The Hall–Kier alpha value is -4.03. The van der Waals surface area contributed by atoms with Crippen molar-refractivity contribution in [2.45, 2.75) is 24.8 Å². The summed E-state index contributed by atoms with van der Waals surface area (Å²) in [5.74, 6) is -1.34. The van der Waals surface area contributed by atoms with E-state index in [0.717, 1.165) is 28.5 Å². The van der Waals surface area contributed by atoms with Crippen molar-refractivity contribution in [2.24, 2.45) is 0 Å². The van der Waals surface area contributed by atoms with Gasteiger partial charge in [0.15, 0.2) is 0 Å². The fourth-order valence-electron chi connectivity index (χ4n) is 3.69. The lowest BCUT2D eigenvalue weighted by Gasteiger charge is -2.18. The highest BCUT2D eigenvalue weighted by molar-refractivity contribution is 6.25. The van der Waals surface area contributed by atoms with Crippen LogP contribution in [0.3, 0.4) is 0 Å². The van der Waals surface area contributed by atoms with Gasteiger partial charge in [-0.25, -0.2) is 9.59 Å². The SMILES string of the molecule is C=CCOC(=O)[C@H](CCC(=O)C=[N+]=[N-])NC(=O)OCC1c2ccccc2-c2ccccc21. The Morgan fingerprint density at radius 3 is 2.28 bits per heavy atom. The minimum Gasteiger partial charge on any atom is -0.460 e. The lowest BCUT2D eigenvalue weighted by atomic mass is 9.98. The molecule has 1 atom stereocenters. The molecule has 0 bridgehead atoms. The summed E-state index contributed by atoms with van der Waals surface area (Å²) in [6.07, 6.45) is 1.17. The van der Waals surface area contributed by atoms with Crippen molar-refractivity contribution < 1.29 is 28.6 Å². The second-order valence-electron chi connectivity index (χ2n) is 7.19. The van der Waals surface area contributed by atoms with Crippen LogP contribution in [0, 0.1) is 0 Å². The Kier molecular flexibility index (Phi) is 7.67. The van der Waals surface area contributed by atoms with Gasteiger partial charge in [0.2, 0.25) is 5.78 Å². The predicted molar refractivity (Wildman–Crippen MR) is 117 cm³/mol. The topological polar surface area (TPSA) is 118 Å². The normalized spacial score (nSPS) is 12.5. The quantitative estimate of drug-likeness (QED) is 0.203. The smallest absolute Gasteiger partial charge is 0.407 e. The van der Waals surface area contributed by atoms with Crippen molar-refractivity contribution >= 4 is 24.1 Å². The van der Waals surface area contributed by atoms with Crippen LogP contribution in [0.1, 0.15) is 29.9 Å². The monoisotopic (exact) mass is 433 g/mol. The molecule has 0 saturated heterocycles. The van der Waals surface area contributed by atoms with Crippen molar-refractivity contribution in [2.75, 3.05) is 13.2 Å². The molecule has 32 heavy (non-hydrogen) atoms. The number of amides is 1. The number of carbonyl (C=O) groups is 3. The molecule has 1 aliphatic rings. The van der Waals surface area contributed by atoms with Gasteiger partial charge in [0, 0.05) is 12.3 Å². The van der Waals surface area contributed by atoms with Crippen molar-refractivity contribution in [3.63, 3.8) is 0 Å². The first-order valence-electron chi connectivity index (χ1n) is 10.1. The predicted octanol–water partition coefficient (Wildman–Crippen LogP) is 3.27. The Balaban J connectivity index is 1.65. The Morgan fingerprint density at radius 1 is 1.06 bits per heavy atom. The zero-order chi connectivity index (χ0) is 22.9. The fraction of sp³-hybridized carbons (Fsp3) is 0.250. The number of hydrogen-bond acceptors (Lipinski definition) is 5. The number of nitrogens with one attached hydrogen (secondary N) is 1. The van der Waals surface area contributed by atoms with Gasteiger partial charge in [-0.3, -0.25) is 4.79 Å². The highest BCUT2D eigenvalue weighted by Gasteiger charge is 2.30. The van der Waals surface area contributed by atoms with E-state index in [9.17, 15) is 14.4 Å². The second kappa shape index (κ2) is 10.8. The van der Waals surface area contributed by atoms with E-state index in [2.05, 4.69) is 16.7 Å². The van der Waals surface area contributed by atoms with Crippen LogP contribution in [0.25, 0.3) is 16.7 Å². The number of ether oxygens (including phenoxy) is 2. The third kappa shape index (κ3) is 5.36. The molecule has 0 unspecified atom stereocenters. The molecular formula is C24H23N3O5. The number of hydrogen-bond donors (Lipinski definition) is 1. The molecule has 1 N–H and O–H groups in total. The van der Waals surface area contributed by atoms with Crippen molar-refractivity contribution in [3.05, 3.63) is 77.8 Å². The minimum atomic E-state index is -1.10. The molecule has 1 amide bonds. The molecule has 0 saturated carbocycles. The van der Waals surface area contributed by atoms with Gasteiger partial charge in [-0.2, -0.15) is 4.79 Å². The molecule has 0 heterocycles. The van der Waals surface area contributed by atoms with E-state index in [-0.39, 0.29) is 32.0 Å². The first kappa shape index (κ1) is 22.7. The Morgan fingerprint density at radius 2 is 1.69 bits per heavy atom. The van der Waals surface area contributed by atoms with Gasteiger partial charge in [-0.1, -0.05) is 61.2 Å². The molecule has 2 aromatic rings. The average molecular weight is 433 g/mol. The summed E-state index contributed by atoms with van der Waals surface area (Å²) in [6.45, 7) is 3.53. The van der Waals surface area contributed by atoms with Crippen LogP contribution in [0.5, 0.6) is 0 Å². The summed E-state index contributed by atoms with van der Waals surface area (Å²) in [6, 6.07) is 14.8. The summed E-state index contributed by atoms with van der Waals surface area (Å²) in [5, 5.41) is 2.47. The zero-order valence-electron chi connectivity index (χ0n) is 17.4. The van der Waals surface area contributed by atoms with Crippen molar-refractivity contribution in [1.29, 1.82) is 0 Å². The van der Waals surface area contributed by atoms with Gasteiger partial charge in [-0.05, 0) is 28.7 Å². The summed E-state index contributed by atoms with van der Waals surface area (Å²) < 4.78 is 10.4. The van der Waals surface area contributed by atoms with Crippen LogP contribution in [0.4, 0.5) is 4.79 Å². The van der Waals surface area contributed by atoms with Crippen molar-refractivity contribution in [3.8, 4) is 11.1 Å². The number of rotatable bonds is 10. The lowest BCUT2D eigenvalue weighted by molar-refractivity contribution is -0.145. The molecule has 0 aliphatic heterocycles. The van der Waals surface area contributed by atoms with E-state index in [1.807, 2.05) is 48.5 Å². The average Bonchev–Trinajstić information content (AvgIpc) is 3.12. The van der Waals surface area contributed by atoms with Crippen LogP contribution < -0.4 is 5.32 Å². The van der Waals surface area contributed by atoms with Crippen LogP contribution in [0.2, 0.25) is 0 Å². The van der Waals surface area contributed by atoms with Gasteiger partial charge in [0.05, 0.1) is 0 Å². The maximum absolute atomic E-state index is 12.5. The molecule has 0 aromatic heterocycles. The lowest BCUT2D eigenvalue weighted by Crippen LogP contribution is -2.42. The first-order chi connectivity index (χ1) is 15.5. The minimum absolute atomic E-state index is 0.0340. The van der Waals surface area contributed by atoms with Gasteiger partial charge >= 0.3 is 18.3 Å². The van der Waals surface area contributed by atoms with Crippen molar-refractivity contribution in [1.82, 2.24) is 5.32 Å². The maximum Gasteiger partial charge on any atom is 0.407 e. The number of nitrogens with zero attached hydrogens (tertiary/aromatic N) is 2. The van der Waals surface area contributed by atoms with Crippen LogP contribution >= 0.6 is 0 Å². The van der Waals surface area contributed by atoms with Gasteiger partial charge in [0.1, 0.15) is 19.3 Å². The van der Waals surface area contributed by atoms with Crippen LogP contribution in [-0.4, -0.2) is 48.1 Å². The maximum atomic E-state index is 12.5. The third-order valence-electron chi connectivity index (χ3n) is 5.14. The van der Waals surface area contributed by atoms with Gasteiger partial charge < -0.3 is 20.3 Å². The summed E-state index contributed by atoms with van der Waals surface area (Å²) in [7, 11) is 0. The van der Waals surface area contributed by atoms with E-state index in [1.54, 1.807) is 0 Å². The highest BCUT2D eigenvalue weighted by Crippen LogP contribution is 2.44. The van der Waals surface area contributed by atoms with E-state index < -0.39 is 23.9 Å². The van der Waals surface area contributed by atoms with E-state index in [1.165, 1.54) is 6.08 Å². The molecule has 1 aliphatic carbocycles. The van der Waals surface area contributed by atoms with Gasteiger partial charge in [-0.15, -0.1) is 0 Å². The number of fused-ring (bicyclic) bond motifs is 3. The van der Waals surface area contributed by atoms with Crippen LogP contribution in [0.15, 0.2) is 61.2 Å². The van der Waals surface area contributed by atoms with E-state index >= 15 is 0 Å². The second-order valence-corrected chi connectivity index (χ2v) is 7.19. The Bertz CT molecular complexity index is 1030. The Labute approximate surface area is 185 Å². The molecular weight excluding hydrogens is 410 g/mol. The number of benzene rings is 2. The molecule has 0 radical (unpaired) electrons. The molecule has 8 heteroatoms. The number of esters is 1. The largest absolute Gasteiger partial charge is 0.460 e. The summed E-state index contributed by atoms with van der Waals surface area (Å²) in [5.41, 5.74) is 12.8. The number of ketones is 1. The molecule has 164 valence electrons. The zero-order valence-corrected chi connectivity index (χ0v) is 17.4. The van der Waals surface area contributed by atoms with Crippen LogP contribution in [-0.2, 0) is 19.1 Å². The number of carbonyl (C=O) groups excluding carboxylic acids is 3. The molecule has 0 fully saturated rings. The standard InChI is InChI=1S/C24H23N3O5/c1-2-13-31-23(29)22(12-11-16(28)14-26-25)27-24(30)32-15-21-19-9-5-3-7-17(19)18-8-4-6-10-20(18)21/h2-10,14,21-22H,1,11-13,15H2,(H,27,30)/t22-/m0/s1. The molecule has 0 spiro atoms. The number of Topliss-reactive ketones (excluding diaryl/α,β-unsaturated/α-hetero) is 1. The van der Waals surface area contributed by atoms with E-state index in [4.69, 9.17) is 15.0 Å². The molecule has 3 rings (SSSR count). The summed E-state index contributed by atoms with van der Waals surface area (Å²) >= 11 is 0. The van der Waals surface area contributed by atoms with E-state index in [0.29, 0.717) is 0 Å². The molecule has 2 aromatic carbocycles. The molecule has 8 nitrogen and oxygen atoms in total. The summed E-state index contributed by atoms with van der Waals surface area (Å²) in [4.78, 5) is 39.0. The highest BCUT2D eigenvalue weighted by atomic mass is 16.6.